The van der Waals surface area contributed by atoms with E-state index in [0.717, 1.165) is 11.1 Å². The maximum atomic E-state index is 9.07. The van der Waals surface area contributed by atoms with E-state index in [9.17, 15) is 0 Å². The fraction of sp³-hybridized carbons (Fsp3) is 0. The van der Waals surface area contributed by atoms with E-state index in [4.69, 9.17) is 16.7 Å². The van der Waals surface area contributed by atoms with E-state index in [1.54, 1.807) is 30.5 Å². The molecule has 0 unspecified atom stereocenters. The quantitative estimate of drug-likeness (QED) is 0.733. The molecule has 1 aromatic carbocycles. The van der Waals surface area contributed by atoms with Crippen molar-refractivity contribution in [2.45, 2.75) is 0 Å². The van der Waals surface area contributed by atoms with Gasteiger partial charge in [0.05, 0.1) is 6.20 Å². The third kappa shape index (κ3) is 1.51. The van der Waals surface area contributed by atoms with Gasteiger partial charge in [-0.2, -0.15) is 5.10 Å². The van der Waals surface area contributed by atoms with Crippen molar-refractivity contribution in [2.24, 2.45) is 0 Å². The molecule has 0 atom stereocenters. The molecule has 1 heterocycles. The fourth-order valence-electron chi connectivity index (χ4n) is 1.11. The zero-order valence-electron chi connectivity index (χ0n) is 6.66. The van der Waals surface area contributed by atoms with Crippen LogP contribution in [0.5, 0.6) is 5.75 Å². The van der Waals surface area contributed by atoms with Gasteiger partial charge in [0.1, 0.15) is 10.9 Å². The standard InChI is InChI=1S/C9H7ClN2O/c10-9-8(5-11-12-9)6-1-3-7(13)4-2-6/h1-5,13H,(H,11,12). The van der Waals surface area contributed by atoms with Gasteiger partial charge in [0.25, 0.3) is 0 Å². The number of phenolic OH excluding ortho intramolecular Hbond substituents is 1. The monoisotopic (exact) mass is 194 g/mol. The summed E-state index contributed by atoms with van der Waals surface area (Å²) in [6, 6.07) is 6.79. The molecule has 0 fully saturated rings. The van der Waals surface area contributed by atoms with Crippen molar-refractivity contribution in [1.29, 1.82) is 0 Å². The number of nitrogens with zero attached hydrogens (tertiary/aromatic N) is 1. The molecule has 0 aliphatic rings. The van der Waals surface area contributed by atoms with Gasteiger partial charge in [-0.1, -0.05) is 23.7 Å². The number of H-pyrrole nitrogens is 1. The van der Waals surface area contributed by atoms with Crippen LogP contribution in [0.1, 0.15) is 0 Å². The maximum Gasteiger partial charge on any atom is 0.132 e. The van der Waals surface area contributed by atoms with Gasteiger partial charge >= 0.3 is 0 Å². The van der Waals surface area contributed by atoms with Gasteiger partial charge in [-0.25, -0.2) is 0 Å². The highest BCUT2D eigenvalue weighted by molar-refractivity contribution is 6.32. The van der Waals surface area contributed by atoms with E-state index in [1.165, 1.54) is 0 Å². The highest BCUT2D eigenvalue weighted by atomic mass is 35.5. The van der Waals surface area contributed by atoms with Crippen LogP contribution in [0.4, 0.5) is 0 Å². The molecule has 0 amide bonds. The molecule has 2 N–H and O–H groups in total. The van der Waals surface area contributed by atoms with E-state index in [-0.39, 0.29) is 5.75 Å². The third-order valence-electron chi connectivity index (χ3n) is 1.77. The first-order valence-electron chi connectivity index (χ1n) is 3.75. The Bertz CT molecular complexity index is 408. The van der Waals surface area contributed by atoms with Gasteiger partial charge in [-0.05, 0) is 17.7 Å². The lowest BCUT2D eigenvalue weighted by molar-refractivity contribution is 0.475. The Balaban J connectivity index is 2.47. The lowest BCUT2D eigenvalue weighted by atomic mass is 10.1. The molecule has 0 radical (unpaired) electrons. The summed E-state index contributed by atoms with van der Waals surface area (Å²) in [4.78, 5) is 0. The molecule has 2 aromatic rings. The van der Waals surface area contributed by atoms with Gasteiger partial charge in [0.2, 0.25) is 0 Å². The molecular weight excluding hydrogens is 188 g/mol. The second kappa shape index (κ2) is 3.11. The van der Waals surface area contributed by atoms with Crippen molar-refractivity contribution < 1.29 is 5.11 Å². The van der Waals surface area contributed by atoms with E-state index < -0.39 is 0 Å². The minimum absolute atomic E-state index is 0.239. The summed E-state index contributed by atoms with van der Waals surface area (Å²) in [6.07, 6.45) is 1.65. The Morgan fingerprint density at radius 2 is 1.92 bits per heavy atom. The Morgan fingerprint density at radius 1 is 1.23 bits per heavy atom. The lowest BCUT2D eigenvalue weighted by Crippen LogP contribution is -1.74. The Hall–Kier alpha value is -1.48. The number of aromatic amines is 1. The number of benzene rings is 1. The predicted octanol–water partition coefficient (Wildman–Crippen LogP) is 2.44. The van der Waals surface area contributed by atoms with Crippen LogP contribution in [-0.4, -0.2) is 15.3 Å². The molecule has 0 aliphatic heterocycles. The average molecular weight is 195 g/mol. The zero-order valence-corrected chi connectivity index (χ0v) is 7.42. The maximum absolute atomic E-state index is 9.07. The summed E-state index contributed by atoms with van der Waals surface area (Å²) in [5.41, 5.74) is 1.76. The summed E-state index contributed by atoms with van der Waals surface area (Å²) in [5.74, 6) is 0.239. The van der Waals surface area contributed by atoms with Crippen LogP contribution in [0.2, 0.25) is 5.15 Å². The molecule has 0 spiro atoms. The van der Waals surface area contributed by atoms with E-state index in [1.807, 2.05) is 0 Å². The van der Waals surface area contributed by atoms with Gasteiger partial charge in [0.15, 0.2) is 0 Å². The first-order valence-corrected chi connectivity index (χ1v) is 4.13. The summed E-state index contributed by atoms with van der Waals surface area (Å²) in [7, 11) is 0. The van der Waals surface area contributed by atoms with Gasteiger partial charge in [0, 0.05) is 5.56 Å². The van der Waals surface area contributed by atoms with Crippen molar-refractivity contribution in [3.05, 3.63) is 35.6 Å². The van der Waals surface area contributed by atoms with Crippen LogP contribution >= 0.6 is 11.6 Å². The largest absolute Gasteiger partial charge is 0.508 e. The van der Waals surface area contributed by atoms with Crippen molar-refractivity contribution in [3.63, 3.8) is 0 Å². The minimum atomic E-state index is 0.239. The number of rotatable bonds is 1. The molecule has 3 nitrogen and oxygen atoms in total. The Morgan fingerprint density at radius 3 is 2.46 bits per heavy atom. The van der Waals surface area contributed by atoms with Crippen LogP contribution in [0.25, 0.3) is 11.1 Å². The number of hydrogen-bond donors (Lipinski definition) is 2. The summed E-state index contributed by atoms with van der Waals surface area (Å²) in [6.45, 7) is 0. The van der Waals surface area contributed by atoms with Crippen LogP contribution in [0, 0.1) is 0 Å². The number of aromatic hydroxyl groups is 1. The molecule has 0 saturated carbocycles. The smallest absolute Gasteiger partial charge is 0.132 e. The number of phenols is 1. The molecule has 66 valence electrons. The number of aromatic nitrogens is 2. The molecule has 0 saturated heterocycles. The van der Waals surface area contributed by atoms with Gasteiger partial charge in [-0.3, -0.25) is 5.10 Å². The van der Waals surface area contributed by atoms with Gasteiger partial charge < -0.3 is 5.11 Å². The van der Waals surface area contributed by atoms with Crippen LogP contribution in [-0.2, 0) is 0 Å². The SMILES string of the molecule is Oc1ccc(-c2cn[nH]c2Cl)cc1. The summed E-state index contributed by atoms with van der Waals surface area (Å²) in [5, 5.41) is 16.0. The molecular formula is C9H7ClN2O. The molecule has 1 aromatic heterocycles. The van der Waals surface area contributed by atoms with Crippen molar-refractivity contribution in [2.75, 3.05) is 0 Å². The molecule has 4 heteroatoms. The number of nitrogens with one attached hydrogen (secondary N) is 1. The second-order valence-electron chi connectivity index (χ2n) is 2.64. The summed E-state index contributed by atoms with van der Waals surface area (Å²) < 4.78 is 0. The summed E-state index contributed by atoms with van der Waals surface area (Å²) >= 11 is 5.83. The van der Waals surface area contributed by atoms with Crippen LogP contribution in [0.15, 0.2) is 30.5 Å². The fourth-order valence-corrected chi connectivity index (χ4v) is 1.32. The average Bonchev–Trinajstić information content (AvgIpc) is 2.53. The molecule has 0 bridgehead atoms. The van der Waals surface area contributed by atoms with E-state index in [0.29, 0.717) is 5.15 Å². The third-order valence-corrected chi connectivity index (χ3v) is 2.06. The normalized spacial score (nSPS) is 10.2. The van der Waals surface area contributed by atoms with E-state index in [2.05, 4.69) is 10.2 Å². The zero-order chi connectivity index (χ0) is 9.26. The lowest BCUT2D eigenvalue weighted by Gasteiger charge is -1.97. The van der Waals surface area contributed by atoms with Crippen LogP contribution in [0.3, 0.4) is 0 Å². The van der Waals surface area contributed by atoms with Crippen molar-refractivity contribution >= 4 is 11.6 Å². The van der Waals surface area contributed by atoms with Crippen LogP contribution < -0.4 is 0 Å². The molecule has 13 heavy (non-hydrogen) atoms. The Labute approximate surface area is 80.0 Å². The highest BCUT2D eigenvalue weighted by Gasteiger charge is 2.04. The minimum Gasteiger partial charge on any atom is -0.508 e. The van der Waals surface area contributed by atoms with Gasteiger partial charge in [-0.15, -0.1) is 0 Å². The predicted molar refractivity (Wildman–Crippen MR) is 50.7 cm³/mol. The van der Waals surface area contributed by atoms with E-state index >= 15 is 0 Å². The highest BCUT2D eigenvalue weighted by Crippen LogP contribution is 2.26. The topological polar surface area (TPSA) is 48.9 Å². The van der Waals surface area contributed by atoms with Crippen molar-refractivity contribution in [3.8, 4) is 16.9 Å². The first kappa shape index (κ1) is 8.13. The number of halogens is 1. The van der Waals surface area contributed by atoms with Crippen molar-refractivity contribution in [1.82, 2.24) is 10.2 Å². The molecule has 2 rings (SSSR count). The molecule has 0 aliphatic carbocycles. The second-order valence-corrected chi connectivity index (χ2v) is 3.02. The Kier molecular flexibility index (Phi) is 1.94. The first-order chi connectivity index (χ1) is 6.27. The number of hydrogen-bond acceptors (Lipinski definition) is 2.